The summed E-state index contributed by atoms with van der Waals surface area (Å²) in [7, 11) is 1.54. The van der Waals surface area contributed by atoms with Crippen molar-refractivity contribution in [3.63, 3.8) is 0 Å². The van der Waals surface area contributed by atoms with Crippen molar-refractivity contribution in [2.24, 2.45) is 5.73 Å². The van der Waals surface area contributed by atoms with Crippen LogP contribution >= 0.6 is 11.3 Å². The van der Waals surface area contributed by atoms with Gasteiger partial charge in [-0.2, -0.15) is 0 Å². The third-order valence-electron chi connectivity index (χ3n) is 3.54. The zero-order valence-corrected chi connectivity index (χ0v) is 11.7. The van der Waals surface area contributed by atoms with E-state index in [9.17, 15) is 4.79 Å². The molecule has 5 heteroatoms. The lowest BCUT2D eigenvalue weighted by Crippen LogP contribution is -2.47. The number of nitrogens with two attached hydrogens (primary N) is 1. The van der Waals surface area contributed by atoms with Crippen molar-refractivity contribution in [2.45, 2.75) is 31.9 Å². The molecule has 1 aliphatic heterocycles. The van der Waals surface area contributed by atoms with E-state index in [1.807, 2.05) is 4.90 Å². The van der Waals surface area contributed by atoms with Gasteiger partial charge in [-0.15, -0.1) is 11.3 Å². The molecule has 4 nitrogen and oxygen atoms in total. The average Bonchev–Trinajstić information content (AvgIpc) is 2.86. The fourth-order valence-electron chi connectivity index (χ4n) is 2.58. The molecule has 1 aliphatic rings. The third kappa shape index (κ3) is 2.30. The van der Waals surface area contributed by atoms with Crippen molar-refractivity contribution in [1.29, 1.82) is 0 Å². The first kappa shape index (κ1) is 13.5. The van der Waals surface area contributed by atoms with Gasteiger partial charge in [0, 0.05) is 25.1 Å². The zero-order valence-electron chi connectivity index (χ0n) is 10.9. The lowest BCUT2D eigenvalue weighted by atomic mass is 9.97. The first-order valence-electron chi connectivity index (χ1n) is 6.32. The fourth-order valence-corrected chi connectivity index (χ4v) is 3.51. The molecular weight excluding hydrogens is 248 g/mol. The Hall–Kier alpha value is -0.910. The Bertz CT molecular complexity index is 415. The maximum atomic E-state index is 12.4. The van der Waals surface area contributed by atoms with Crippen LogP contribution in [0.1, 0.15) is 29.8 Å². The van der Waals surface area contributed by atoms with Gasteiger partial charge in [0.15, 0.2) is 0 Å². The van der Waals surface area contributed by atoms with E-state index in [-0.39, 0.29) is 18.5 Å². The average molecular weight is 268 g/mol. The van der Waals surface area contributed by atoms with Crippen LogP contribution < -0.4 is 5.73 Å². The molecule has 100 valence electrons. The molecule has 0 fully saturated rings. The van der Waals surface area contributed by atoms with Gasteiger partial charge < -0.3 is 15.4 Å². The predicted octanol–water partition coefficient (Wildman–Crippen LogP) is 1.56. The van der Waals surface area contributed by atoms with Crippen LogP contribution in [0, 0.1) is 0 Å². The summed E-state index contributed by atoms with van der Waals surface area (Å²) in [5.74, 6) is 0.0173. The minimum Gasteiger partial charge on any atom is -0.370 e. The van der Waals surface area contributed by atoms with Crippen LogP contribution in [0.2, 0.25) is 0 Å². The maximum absolute atomic E-state index is 12.4. The predicted molar refractivity (Wildman–Crippen MR) is 72.6 cm³/mol. The van der Waals surface area contributed by atoms with Crippen LogP contribution in [0.5, 0.6) is 0 Å². The lowest BCUT2D eigenvalue weighted by Gasteiger charge is -2.37. The molecule has 0 saturated heterocycles. The topological polar surface area (TPSA) is 55.6 Å². The molecule has 1 aromatic rings. The van der Waals surface area contributed by atoms with Gasteiger partial charge in [-0.3, -0.25) is 4.79 Å². The largest absolute Gasteiger partial charge is 0.370 e. The second-order valence-electron chi connectivity index (χ2n) is 4.46. The number of methoxy groups -OCH3 is 1. The Labute approximate surface area is 112 Å². The smallest absolute Gasteiger partial charge is 0.253 e. The minimum atomic E-state index is -0.515. The Morgan fingerprint density at radius 3 is 3.11 bits per heavy atom. The molecule has 1 amide bonds. The van der Waals surface area contributed by atoms with Gasteiger partial charge >= 0.3 is 0 Å². The van der Waals surface area contributed by atoms with Crippen LogP contribution in [0.3, 0.4) is 0 Å². The van der Waals surface area contributed by atoms with Crippen LogP contribution in [0.4, 0.5) is 0 Å². The molecule has 2 rings (SSSR count). The Morgan fingerprint density at radius 2 is 2.50 bits per heavy atom. The van der Waals surface area contributed by atoms with E-state index < -0.39 is 6.10 Å². The number of nitrogens with zero attached hydrogens (tertiary/aromatic N) is 1. The lowest BCUT2D eigenvalue weighted by molar-refractivity contribution is -0.144. The number of carbonyl (C=O) groups excluding carboxylic acids is 1. The Kier molecular flexibility index (Phi) is 4.37. The van der Waals surface area contributed by atoms with E-state index in [0.29, 0.717) is 0 Å². The van der Waals surface area contributed by atoms with Crippen molar-refractivity contribution in [2.75, 3.05) is 20.2 Å². The van der Waals surface area contributed by atoms with Crippen molar-refractivity contribution in [3.05, 3.63) is 21.9 Å². The van der Waals surface area contributed by atoms with Gasteiger partial charge in [-0.25, -0.2) is 0 Å². The number of fused-ring (bicyclic) bond motifs is 1. The van der Waals surface area contributed by atoms with Gasteiger partial charge in [-0.1, -0.05) is 6.92 Å². The molecule has 2 N–H and O–H groups in total. The van der Waals surface area contributed by atoms with E-state index >= 15 is 0 Å². The van der Waals surface area contributed by atoms with Gasteiger partial charge in [0.1, 0.15) is 6.10 Å². The molecule has 1 aromatic heterocycles. The van der Waals surface area contributed by atoms with E-state index in [1.54, 1.807) is 11.3 Å². The van der Waals surface area contributed by atoms with Crippen molar-refractivity contribution < 1.29 is 9.53 Å². The van der Waals surface area contributed by atoms with Gasteiger partial charge in [0.05, 0.1) is 6.04 Å². The molecule has 0 aliphatic carbocycles. The summed E-state index contributed by atoms with van der Waals surface area (Å²) < 4.78 is 5.16. The summed E-state index contributed by atoms with van der Waals surface area (Å²) >= 11 is 1.78. The third-order valence-corrected chi connectivity index (χ3v) is 4.54. The Balaban J connectivity index is 2.22. The summed E-state index contributed by atoms with van der Waals surface area (Å²) in [6.45, 7) is 3.12. The summed E-state index contributed by atoms with van der Waals surface area (Å²) in [4.78, 5) is 15.7. The molecule has 2 heterocycles. The number of rotatable bonds is 4. The number of hydrogen-bond acceptors (Lipinski definition) is 4. The summed E-state index contributed by atoms with van der Waals surface area (Å²) in [5.41, 5.74) is 6.88. The monoisotopic (exact) mass is 268 g/mol. The second-order valence-corrected chi connectivity index (χ2v) is 5.47. The zero-order chi connectivity index (χ0) is 13.1. The molecule has 18 heavy (non-hydrogen) atoms. The highest BCUT2D eigenvalue weighted by Crippen LogP contribution is 2.35. The number of hydrogen-bond donors (Lipinski definition) is 1. The highest BCUT2D eigenvalue weighted by molar-refractivity contribution is 7.10. The van der Waals surface area contributed by atoms with Crippen LogP contribution in [-0.2, 0) is 16.0 Å². The molecular formula is C13H20N2O2S. The molecule has 2 unspecified atom stereocenters. The molecule has 0 aromatic carbocycles. The van der Waals surface area contributed by atoms with Crippen LogP contribution in [0.25, 0.3) is 0 Å². The Morgan fingerprint density at radius 1 is 1.72 bits per heavy atom. The summed E-state index contributed by atoms with van der Waals surface area (Å²) in [6.07, 6.45) is 1.35. The van der Waals surface area contributed by atoms with Gasteiger partial charge in [-0.05, 0) is 29.9 Å². The highest BCUT2D eigenvalue weighted by atomic mass is 32.1. The van der Waals surface area contributed by atoms with E-state index in [1.165, 1.54) is 17.6 Å². The van der Waals surface area contributed by atoms with E-state index in [0.717, 1.165) is 19.4 Å². The molecule has 2 atom stereocenters. The number of carbonyl (C=O) groups is 1. The first-order valence-corrected chi connectivity index (χ1v) is 7.20. The maximum Gasteiger partial charge on any atom is 0.253 e. The number of thiophene rings is 1. The fraction of sp³-hybridized carbons (Fsp3) is 0.615. The standard InChI is InChI=1S/C13H20N2O2S/c1-3-10-9-5-7-18-12(9)4-6-15(10)13(16)11(8-14)17-2/h5,7,10-11H,3-4,6,8,14H2,1-2H3. The normalized spacial score (nSPS) is 20.6. The van der Waals surface area contributed by atoms with E-state index in [4.69, 9.17) is 10.5 Å². The van der Waals surface area contributed by atoms with Crippen molar-refractivity contribution >= 4 is 17.2 Å². The van der Waals surface area contributed by atoms with Crippen molar-refractivity contribution in [1.82, 2.24) is 4.90 Å². The molecule has 0 bridgehead atoms. The van der Waals surface area contributed by atoms with Gasteiger partial charge in [0.2, 0.25) is 0 Å². The van der Waals surface area contributed by atoms with E-state index in [2.05, 4.69) is 18.4 Å². The number of amides is 1. The SMILES string of the molecule is CCC1c2ccsc2CCN1C(=O)C(CN)OC. The quantitative estimate of drug-likeness (QED) is 0.901. The second kappa shape index (κ2) is 5.82. The minimum absolute atomic E-state index is 0.0173. The van der Waals surface area contributed by atoms with Crippen LogP contribution in [0.15, 0.2) is 11.4 Å². The van der Waals surface area contributed by atoms with Crippen molar-refractivity contribution in [3.8, 4) is 0 Å². The highest BCUT2D eigenvalue weighted by Gasteiger charge is 2.33. The first-order chi connectivity index (χ1) is 8.72. The van der Waals surface area contributed by atoms with Crippen LogP contribution in [-0.4, -0.2) is 37.1 Å². The summed E-state index contributed by atoms with van der Waals surface area (Å²) in [6, 6.07) is 2.31. The molecule has 0 spiro atoms. The summed E-state index contributed by atoms with van der Waals surface area (Å²) in [5, 5.41) is 2.11. The number of ether oxygens (including phenoxy) is 1. The molecule has 0 radical (unpaired) electrons. The molecule has 0 saturated carbocycles. The van der Waals surface area contributed by atoms with Gasteiger partial charge in [0.25, 0.3) is 5.91 Å².